The molecule has 0 aliphatic carbocycles. The average molecular weight is 280 g/mol. The van der Waals surface area contributed by atoms with Crippen LogP contribution in [0.5, 0.6) is 5.75 Å². The number of hydrogen-bond acceptors (Lipinski definition) is 7. The highest BCUT2D eigenvalue weighted by atomic mass is 32.2. The second kappa shape index (κ2) is 5.82. The zero-order valence-corrected chi connectivity index (χ0v) is 10.5. The summed E-state index contributed by atoms with van der Waals surface area (Å²) in [7, 11) is -3.11. The SMILES string of the molecule is COc1ccc(S(=O)(=O)O)c(NN=C(C#N)C#N)c1. The lowest BCUT2D eigenvalue weighted by atomic mass is 10.3. The Morgan fingerprint density at radius 1 is 1.42 bits per heavy atom. The Labute approximate surface area is 109 Å². The smallest absolute Gasteiger partial charge is 0.296 e. The third-order valence-electron chi connectivity index (χ3n) is 1.96. The van der Waals surface area contributed by atoms with E-state index in [0.29, 0.717) is 5.75 Å². The Morgan fingerprint density at radius 2 is 2.05 bits per heavy atom. The van der Waals surface area contributed by atoms with Gasteiger partial charge in [0.15, 0.2) is 0 Å². The molecule has 0 unspecified atom stereocenters. The Bertz CT molecular complexity index is 681. The number of nitrogens with zero attached hydrogens (tertiary/aromatic N) is 3. The van der Waals surface area contributed by atoms with E-state index in [4.69, 9.17) is 19.8 Å². The van der Waals surface area contributed by atoms with Crippen LogP contribution in [0.4, 0.5) is 5.69 Å². The van der Waals surface area contributed by atoms with Crippen LogP contribution in [0.25, 0.3) is 0 Å². The highest BCUT2D eigenvalue weighted by Gasteiger charge is 2.16. The lowest BCUT2D eigenvalue weighted by Gasteiger charge is -2.08. The molecule has 98 valence electrons. The van der Waals surface area contributed by atoms with Crippen molar-refractivity contribution in [3.05, 3.63) is 18.2 Å². The first-order chi connectivity index (χ1) is 8.92. The Morgan fingerprint density at radius 3 is 2.53 bits per heavy atom. The van der Waals surface area contributed by atoms with Crippen LogP contribution in [0.2, 0.25) is 0 Å². The van der Waals surface area contributed by atoms with Gasteiger partial charge in [-0.05, 0) is 12.1 Å². The van der Waals surface area contributed by atoms with Crippen LogP contribution in [-0.2, 0) is 10.1 Å². The Kier molecular flexibility index (Phi) is 4.42. The molecule has 1 aromatic rings. The van der Waals surface area contributed by atoms with E-state index in [9.17, 15) is 8.42 Å². The largest absolute Gasteiger partial charge is 0.497 e. The minimum atomic E-state index is -4.47. The van der Waals surface area contributed by atoms with E-state index in [1.807, 2.05) is 0 Å². The quantitative estimate of drug-likeness (QED) is 0.472. The van der Waals surface area contributed by atoms with E-state index in [2.05, 4.69) is 10.5 Å². The fourth-order valence-corrected chi connectivity index (χ4v) is 1.76. The predicted octanol–water partition coefficient (Wildman–Crippen LogP) is 0.757. The maximum atomic E-state index is 11.1. The molecule has 0 heterocycles. The van der Waals surface area contributed by atoms with Crippen molar-refractivity contribution in [1.29, 1.82) is 10.5 Å². The molecule has 0 bridgehead atoms. The monoisotopic (exact) mass is 280 g/mol. The predicted molar refractivity (Wildman–Crippen MR) is 65.1 cm³/mol. The van der Waals surface area contributed by atoms with E-state index in [-0.39, 0.29) is 5.69 Å². The topological polar surface area (TPSA) is 136 Å². The minimum absolute atomic E-state index is 0.121. The number of hydrazone groups is 1. The third-order valence-corrected chi connectivity index (χ3v) is 2.88. The lowest BCUT2D eigenvalue weighted by molar-refractivity contribution is 0.414. The number of methoxy groups -OCH3 is 1. The summed E-state index contributed by atoms with van der Waals surface area (Å²) in [6.07, 6.45) is 0. The van der Waals surface area contributed by atoms with Gasteiger partial charge in [0.2, 0.25) is 5.71 Å². The normalized spacial score (nSPS) is 9.89. The summed E-state index contributed by atoms with van der Waals surface area (Å²) >= 11 is 0. The van der Waals surface area contributed by atoms with Crippen LogP contribution in [0.1, 0.15) is 0 Å². The molecule has 0 aliphatic heterocycles. The van der Waals surface area contributed by atoms with Gasteiger partial charge in [-0.3, -0.25) is 9.98 Å². The van der Waals surface area contributed by atoms with Crippen molar-refractivity contribution in [2.75, 3.05) is 12.5 Å². The Balaban J connectivity index is 3.29. The van der Waals surface area contributed by atoms with Crippen LogP contribution in [0, 0.1) is 22.7 Å². The highest BCUT2D eigenvalue weighted by Crippen LogP contribution is 2.26. The number of benzene rings is 1. The van der Waals surface area contributed by atoms with Crippen molar-refractivity contribution in [2.24, 2.45) is 5.10 Å². The molecule has 0 saturated heterocycles. The zero-order chi connectivity index (χ0) is 14.5. The number of rotatable bonds is 4. The summed E-state index contributed by atoms with van der Waals surface area (Å²) in [6, 6.07) is 6.66. The van der Waals surface area contributed by atoms with E-state index < -0.39 is 20.7 Å². The van der Waals surface area contributed by atoms with Gasteiger partial charge in [0.1, 0.15) is 22.8 Å². The molecular formula is C10H8N4O4S. The highest BCUT2D eigenvalue weighted by molar-refractivity contribution is 7.86. The van der Waals surface area contributed by atoms with Gasteiger partial charge in [-0.15, -0.1) is 0 Å². The number of hydrogen-bond donors (Lipinski definition) is 2. The summed E-state index contributed by atoms with van der Waals surface area (Å²) in [6.45, 7) is 0. The molecule has 0 fully saturated rings. The van der Waals surface area contributed by atoms with Gasteiger partial charge in [0.05, 0.1) is 12.8 Å². The molecule has 9 heteroatoms. The van der Waals surface area contributed by atoms with Crippen LogP contribution in [0.3, 0.4) is 0 Å². The van der Waals surface area contributed by atoms with Gasteiger partial charge in [-0.25, -0.2) is 0 Å². The molecule has 0 saturated carbocycles. The summed E-state index contributed by atoms with van der Waals surface area (Å²) in [5, 5.41) is 20.4. The van der Waals surface area contributed by atoms with E-state index in [1.165, 1.54) is 31.4 Å². The second-order valence-electron chi connectivity index (χ2n) is 3.13. The van der Waals surface area contributed by atoms with Crippen molar-refractivity contribution < 1.29 is 17.7 Å². The van der Waals surface area contributed by atoms with Crippen LogP contribution in [0.15, 0.2) is 28.2 Å². The van der Waals surface area contributed by atoms with Gasteiger partial charge in [0, 0.05) is 6.07 Å². The minimum Gasteiger partial charge on any atom is -0.497 e. The standard InChI is InChI=1S/C10H8N4O4S/c1-18-8-2-3-10(19(15,16)17)9(4-8)14-13-7(5-11)6-12/h2-4,14H,1H3,(H,15,16,17). The molecule has 19 heavy (non-hydrogen) atoms. The van der Waals surface area contributed by atoms with E-state index in [1.54, 1.807) is 0 Å². The fraction of sp³-hybridized carbons (Fsp3) is 0.100. The fourth-order valence-electron chi connectivity index (χ4n) is 1.14. The van der Waals surface area contributed by atoms with Crippen molar-refractivity contribution in [3.8, 4) is 17.9 Å². The van der Waals surface area contributed by atoms with Crippen molar-refractivity contribution >= 4 is 21.5 Å². The molecule has 0 atom stereocenters. The van der Waals surface area contributed by atoms with Crippen molar-refractivity contribution in [2.45, 2.75) is 4.90 Å². The summed E-state index contributed by atoms with van der Waals surface area (Å²) in [5.74, 6) is 0.306. The number of ether oxygens (including phenoxy) is 1. The van der Waals surface area contributed by atoms with Crippen LogP contribution in [-0.4, -0.2) is 25.8 Å². The number of nitrogens with one attached hydrogen (secondary N) is 1. The lowest BCUT2D eigenvalue weighted by Crippen LogP contribution is -2.05. The summed E-state index contributed by atoms with van der Waals surface area (Å²) in [4.78, 5) is -0.452. The first-order valence-electron chi connectivity index (χ1n) is 4.71. The molecule has 0 spiro atoms. The van der Waals surface area contributed by atoms with Gasteiger partial charge >= 0.3 is 0 Å². The molecule has 1 rings (SSSR count). The van der Waals surface area contributed by atoms with E-state index in [0.717, 1.165) is 6.07 Å². The number of nitriles is 2. The van der Waals surface area contributed by atoms with Crippen molar-refractivity contribution in [3.63, 3.8) is 0 Å². The maximum absolute atomic E-state index is 11.1. The molecule has 0 radical (unpaired) electrons. The van der Waals surface area contributed by atoms with Crippen LogP contribution < -0.4 is 10.2 Å². The Hall–Kier alpha value is -2.62. The van der Waals surface area contributed by atoms with Gasteiger partial charge in [0.25, 0.3) is 10.1 Å². The van der Waals surface area contributed by atoms with Crippen molar-refractivity contribution in [1.82, 2.24) is 0 Å². The summed E-state index contributed by atoms with van der Waals surface area (Å²) < 4.78 is 36.2. The van der Waals surface area contributed by atoms with Gasteiger partial charge < -0.3 is 4.74 Å². The van der Waals surface area contributed by atoms with Crippen LogP contribution >= 0.6 is 0 Å². The molecule has 0 aliphatic rings. The van der Waals surface area contributed by atoms with E-state index >= 15 is 0 Å². The van der Waals surface area contributed by atoms with Gasteiger partial charge in [-0.1, -0.05) is 0 Å². The molecule has 2 N–H and O–H groups in total. The zero-order valence-electron chi connectivity index (χ0n) is 9.65. The summed E-state index contributed by atoms with van der Waals surface area (Å²) in [5.41, 5.74) is 1.60. The molecular weight excluding hydrogens is 272 g/mol. The molecule has 8 nitrogen and oxygen atoms in total. The maximum Gasteiger partial charge on any atom is 0.296 e. The molecule has 1 aromatic carbocycles. The second-order valence-corrected chi connectivity index (χ2v) is 4.52. The van der Waals surface area contributed by atoms with Gasteiger partial charge in [-0.2, -0.15) is 24.0 Å². The number of anilines is 1. The molecule has 0 amide bonds. The average Bonchev–Trinajstić information content (AvgIpc) is 2.38. The first kappa shape index (κ1) is 14.4. The molecule has 0 aromatic heterocycles. The first-order valence-corrected chi connectivity index (χ1v) is 6.15. The third kappa shape index (κ3) is 3.67.